The van der Waals surface area contributed by atoms with Crippen molar-refractivity contribution < 1.29 is 37.3 Å². The first kappa shape index (κ1) is 36.2. The van der Waals surface area contributed by atoms with Crippen molar-refractivity contribution in [3.8, 4) is 0 Å². The SMILES string of the molecule is CCCCCCCC/C=C/CCCCCCCCOC[C@H](COP(=O)(O)OCC[N+](C)(C)C)OC(C)=O. The molecule has 1 unspecified atom stereocenters. The number of quaternary nitrogens is 1. The quantitative estimate of drug-likeness (QED) is 0.0416. The molecular weight excluding hydrogens is 493 g/mol. The van der Waals surface area contributed by atoms with Gasteiger partial charge >= 0.3 is 13.8 Å². The van der Waals surface area contributed by atoms with Crippen LogP contribution < -0.4 is 0 Å². The fraction of sp³-hybridized carbons (Fsp3) is 0.893. The lowest BCUT2D eigenvalue weighted by Crippen LogP contribution is -2.37. The molecule has 0 aliphatic rings. The first-order valence-corrected chi connectivity index (χ1v) is 15.9. The highest BCUT2D eigenvalue weighted by molar-refractivity contribution is 7.47. The minimum atomic E-state index is -4.22. The number of phosphoric ester groups is 1. The second-order valence-corrected chi connectivity index (χ2v) is 12.3. The summed E-state index contributed by atoms with van der Waals surface area (Å²) >= 11 is 0. The lowest BCUT2D eigenvalue weighted by Gasteiger charge is -2.24. The van der Waals surface area contributed by atoms with Crippen LogP contribution in [0.15, 0.2) is 12.2 Å². The number of hydrogen-bond acceptors (Lipinski definition) is 6. The van der Waals surface area contributed by atoms with Gasteiger partial charge in [0.2, 0.25) is 0 Å². The third-order valence-corrected chi connectivity index (χ3v) is 6.86. The Hall–Kier alpha value is -0.760. The summed E-state index contributed by atoms with van der Waals surface area (Å²) in [5.74, 6) is -0.492. The van der Waals surface area contributed by atoms with Gasteiger partial charge in [0.15, 0.2) is 0 Å². The lowest BCUT2D eigenvalue weighted by atomic mass is 10.1. The molecule has 2 atom stereocenters. The molecule has 0 radical (unpaired) electrons. The van der Waals surface area contributed by atoms with Gasteiger partial charge < -0.3 is 18.9 Å². The molecule has 37 heavy (non-hydrogen) atoms. The maximum absolute atomic E-state index is 12.1. The van der Waals surface area contributed by atoms with E-state index in [9.17, 15) is 14.3 Å². The van der Waals surface area contributed by atoms with Crippen LogP contribution in [0, 0.1) is 0 Å². The smallest absolute Gasteiger partial charge is 0.458 e. The molecule has 0 aliphatic carbocycles. The van der Waals surface area contributed by atoms with Gasteiger partial charge in [-0.15, -0.1) is 0 Å². The largest absolute Gasteiger partial charge is 0.472 e. The third kappa shape index (κ3) is 28.1. The van der Waals surface area contributed by atoms with Crippen LogP contribution in [0.5, 0.6) is 0 Å². The number of allylic oxidation sites excluding steroid dienone is 2. The van der Waals surface area contributed by atoms with Crippen LogP contribution in [0.3, 0.4) is 0 Å². The monoisotopic (exact) mass is 550 g/mol. The Bertz CT molecular complexity index is 622. The van der Waals surface area contributed by atoms with Crippen molar-refractivity contribution >= 4 is 13.8 Å². The summed E-state index contributed by atoms with van der Waals surface area (Å²) in [6.07, 6.45) is 21.4. The summed E-state index contributed by atoms with van der Waals surface area (Å²) in [4.78, 5) is 21.2. The Morgan fingerprint density at radius 2 is 1.35 bits per heavy atom. The van der Waals surface area contributed by atoms with Crippen LogP contribution in [0.25, 0.3) is 0 Å². The lowest BCUT2D eigenvalue weighted by molar-refractivity contribution is -0.870. The Labute approximate surface area is 227 Å². The number of carbonyl (C=O) groups excluding carboxylic acids is 1. The Kier molecular flexibility index (Phi) is 22.7. The number of rotatable bonds is 26. The Morgan fingerprint density at radius 1 is 0.811 bits per heavy atom. The number of nitrogens with zero attached hydrogens (tertiary/aromatic N) is 1. The van der Waals surface area contributed by atoms with Crippen LogP contribution in [0.1, 0.15) is 104 Å². The van der Waals surface area contributed by atoms with Crippen LogP contribution in [0.2, 0.25) is 0 Å². The molecule has 220 valence electrons. The number of unbranched alkanes of at least 4 members (excludes halogenated alkanes) is 12. The fourth-order valence-corrected chi connectivity index (χ4v) is 4.40. The van der Waals surface area contributed by atoms with Crippen LogP contribution in [-0.4, -0.2) is 75.6 Å². The fourth-order valence-electron chi connectivity index (χ4n) is 3.66. The standard InChI is InChI=1S/C28H56NO7P/c1-6-7-8-9-10-11-12-13-14-15-16-17-18-19-20-21-23-33-25-28(36-27(2)30)26-35-37(31,32)34-24-22-29(3,4)5/h13-14,28H,6-12,15-26H2,1-5H3/p+1/b14-13+/t28-/m1/s1. The molecule has 0 rings (SSSR count). The zero-order chi connectivity index (χ0) is 27.8. The molecule has 0 spiro atoms. The molecule has 0 fully saturated rings. The van der Waals surface area contributed by atoms with Crippen LogP contribution in [-0.2, 0) is 27.9 Å². The van der Waals surface area contributed by atoms with Gasteiger partial charge in [-0.25, -0.2) is 4.57 Å². The van der Waals surface area contributed by atoms with Crippen molar-refractivity contribution in [1.82, 2.24) is 0 Å². The van der Waals surface area contributed by atoms with E-state index in [1.807, 2.05) is 21.1 Å². The zero-order valence-electron chi connectivity index (χ0n) is 24.5. The molecule has 0 heterocycles. The summed E-state index contributed by atoms with van der Waals surface area (Å²) in [5, 5.41) is 0. The van der Waals surface area contributed by atoms with Gasteiger partial charge in [0, 0.05) is 13.5 Å². The topological polar surface area (TPSA) is 91.3 Å². The van der Waals surface area contributed by atoms with Gasteiger partial charge in [0.25, 0.3) is 0 Å². The van der Waals surface area contributed by atoms with Gasteiger partial charge in [-0.1, -0.05) is 76.9 Å². The second-order valence-electron chi connectivity index (χ2n) is 10.9. The summed E-state index contributed by atoms with van der Waals surface area (Å²) in [6.45, 7) is 4.59. The van der Waals surface area contributed by atoms with E-state index in [0.717, 1.165) is 12.8 Å². The number of likely N-dealkylation sites (N-methyl/N-ethyl adjacent to an activating group) is 1. The number of ether oxygens (including phenoxy) is 2. The average molecular weight is 551 g/mol. The molecule has 0 aromatic carbocycles. The van der Waals surface area contributed by atoms with Crippen molar-refractivity contribution in [1.29, 1.82) is 0 Å². The maximum atomic E-state index is 12.1. The number of esters is 1. The summed E-state index contributed by atoms with van der Waals surface area (Å²) in [5.41, 5.74) is 0. The van der Waals surface area contributed by atoms with Gasteiger partial charge in [0.05, 0.1) is 34.4 Å². The molecule has 0 amide bonds. The van der Waals surface area contributed by atoms with E-state index >= 15 is 0 Å². The van der Waals surface area contributed by atoms with Gasteiger partial charge in [-0.2, -0.15) is 0 Å². The Morgan fingerprint density at radius 3 is 1.89 bits per heavy atom. The highest BCUT2D eigenvalue weighted by Gasteiger charge is 2.25. The van der Waals surface area contributed by atoms with Gasteiger partial charge in [-0.05, 0) is 32.1 Å². The first-order valence-electron chi connectivity index (χ1n) is 14.4. The van der Waals surface area contributed by atoms with Crippen molar-refractivity contribution in [2.75, 3.05) is 54.1 Å². The van der Waals surface area contributed by atoms with E-state index in [2.05, 4.69) is 19.1 Å². The van der Waals surface area contributed by atoms with Crippen molar-refractivity contribution in [3.05, 3.63) is 12.2 Å². The molecule has 0 saturated heterocycles. The molecule has 0 bridgehead atoms. The molecule has 0 aromatic rings. The van der Waals surface area contributed by atoms with E-state index in [4.69, 9.17) is 18.5 Å². The minimum absolute atomic E-state index is 0.0853. The van der Waals surface area contributed by atoms with E-state index in [1.165, 1.54) is 84.0 Å². The summed E-state index contributed by atoms with van der Waals surface area (Å²) < 4.78 is 33.4. The van der Waals surface area contributed by atoms with Gasteiger partial charge in [0.1, 0.15) is 19.3 Å². The predicted molar refractivity (Wildman–Crippen MR) is 150 cm³/mol. The average Bonchev–Trinajstić information content (AvgIpc) is 2.80. The molecule has 0 aliphatic heterocycles. The number of carbonyl (C=O) groups is 1. The highest BCUT2D eigenvalue weighted by Crippen LogP contribution is 2.43. The summed E-state index contributed by atoms with van der Waals surface area (Å²) in [7, 11) is 1.65. The number of hydrogen-bond donors (Lipinski definition) is 1. The van der Waals surface area contributed by atoms with Crippen LogP contribution >= 0.6 is 7.82 Å². The molecular formula is C28H57NO7P+. The molecule has 1 N–H and O–H groups in total. The zero-order valence-corrected chi connectivity index (χ0v) is 25.4. The highest BCUT2D eigenvalue weighted by atomic mass is 31.2. The predicted octanol–water partition coefficient (Wildman–Crippen LogP) is 6.81. The van der Waals surface area contributed by atoms with Gasteiger partial charge in [-0.3, -0.25) is 13.8 Å². The second kappa shape index (κ2) is 23.2. The molecule has 9 heteroatoms. The van der Waals surface area contributed by atoms with E-state index < -0.39 is 19.9 Å². The van der Waals surface area contributed by atoms with Crippen molar-refractivity contribution in [3.63, 3.8) is 0 Å². The minimum Gasteiger partial charge on any atom is -0.458 e. The molecule has 0 aromatic heterocycles. The molecule has 0 saturated carbocycles. The van der Waals surface area contributed by atoms with E-state index in [0.29, 0.717) is 17.6 Å². The van der Waals surface area contributed by atoms with Crippen molar-refractivity contribution in [2.24, 2.45) is 0 Å². The number of phosphoric acid groups is 1. The molecule has 8 nitrogen and oxygen atoms in total. The summed E-state index contributed by atoms with van der Waals surface area (Å²) in [6, 6.07) is 0. The first-order chi connectivity index (χ1) is 17.6. The van der Waals surface area contributed by atoms with E-state index in [1.54, 1.807) is 0 Å². The van der Waals surface area contributed by atoms with E-state index in [-0.39, 0.29) is 19.8 Å². The third-order valence-electron chi connectivity index (χ3n) is 5.88. The Balaban J connectivity index is 3.77. The normalized spacial score (nSPS) is 14.6. The van der Waals surface area contributed by atoms with Crippen molar-refractivity contribution in [2.45, 2.75) is 110 Å². The maximum Gasteiger partial charge on any atom is 0.472 e. The van der Waals surface area contributed by atoms with Crippen LogP contribution in [0.4, 0.5) is 0 Å².